The van der Waals surface area contributed by atoms with Crippen molar-refractivity contribution in [1.29, 1.82) is 0 Å². The average Bonchev–Trinajstić information content (AvgIpc) is 3.16. The van der Waals surface area contributed by atoms with Crippen LogP contribution in [0.2, 0.25) is 0 Å². The number of benzene rings is 1. The molecule has 0 aliphatic heterocycles. The van der Waals surface area contributed by atoms with E-state index in [1.54, 1.807) is 13.8 Å². The Hall–Kier alpha value is -1.84. The van der Waals surface area contributed by atoms with Crippen molar-refractivity contribution in [3.05, 3.63) is 35.9 Å². The molecule has 0 spiro atoms. The minimum Gasteiger partial charge on any atom is -0.481 e. The molecule has 0 aromatic heterocycles. The van der Waals surface area contributed by atoms with Gasteiger partial charge >= 0.3 is 5.97 Å². The molecule has 0 unspecified atom stereocenters. The molecule has 2 N–H and O–H groups in total. The van der Waals surface area contributed by atoms with Gasteiger partial charge in [-0.1, -0.05) is 30.3 Å². The third-order valence-electron chi connectivity index (χ3n) is 3.90. The number of carboxylic acids is 1. The first kappa shape index (κ1) is 14.6. The predicted octanol–water partition coefficient (Wildman–Crippen LogP) is 2.41. The maximum absolute atomic E-state index is 11.8. The second-order valence-corrected chi connectivity index (χ2v) is 6.18. The third kappa shape index (κ3) is 3.59. The van der Waals surface area contributed by atoms with Gasteiger partial charge in [-0.05, 0) is 37.7 Å². The molecule has 1 amide bonds. The Morgan fingerprint density at radius 1 is 1.30 bits per heavy atom. The summed E-state index contributed by atoms with van der Waals surface area (Å²) in [5.74, 6) is -0.0751. The molecule has 1 aromatic rings. The van der Waals surface area contributed by atoms with Crippen LogP contribution in [0, 0.1) is 11.3 Å². The van der Waals surface area contributed by atoms with Gasteiger partial charge < -0.3 is 10.4 Å². The van der Waals surface area contributed by atoms with E-state index in [0.29, 0.717) is 18.3 Å². The molecule has 1 aliphatic carbocycles. The van der Waals surface area contributed by atoms with Crippen LogP contribution in [0.3, 0.4) is 0 Å². The van der Waals surface area contributed by atoms with Crippen LogP contribution in [0.5, 0.6) is 0 Å². The minimum atomic E-state index is -0.919. The lowest BCUT2D eigenvalue weighted by Crippen LogP contribution is -2.39. The second-order valence-electron chi connectivity index (χ2n) is 6.18. The first-order valence-electron chi connectivity index (χ1n) is 6.95. The van der Waals surface area contributed by atoms with E-state index in [-0.39, 0.29) is 12.5 Å². The fraction of sp³-hybridized carbons (Fsp3) is 0.500. The molecule has 1 aromatic carbocycles. The number of carbonyl (C=O) groups excluding carboxylic acids is 1. The van der Waals surface area contributed by atoms with Gasteiger partial charge in [0.25, 0.3) is 0 Å². The monoisotopic (exact) mass is 275 g/mol. The van der Waals surface area contributed by atoms with Gasteiger partial charge in [0.05, 0.1) is 5.41 Å². The number of hydrogen-bond acceptors (Lipinski definition) is 2. The largest absolute Gasteiger partial charge is 0.481 e. The molecule has 4 nitrogen and oxygen atoms in total. The van der Waals surface area contributed by atoms with Crippen molar-refractivity contribution in [3.63, 3.8) is 0 Å². The molecule has 2 rings (SSSR count). The van der Waals surface area contributed by atoms with Crippen LogP contribution in [0.4, 0.5) is 0 Å². The Morgan fingerprint density at radius 3 is 2.55 bits per heavy atom. The number of carboxylic acid groups (broad SMARTS) is 1. The zero-order valence-corrected chi connectivity index (χ0v) is 11.9. The molecule has 0 radical (unpaired) electrons. The summed E-state index contributed by atoms with van der Waals surface area (Å²) in [6.45, 7) is 3.39. The highest BCUT2D eigenvalue weighted by Crippen LogP contribution is 2.49. The molecule has 1 fully saturated rings. The molecule has 1 aliphatic rings. The Bertz CT molecular complexity index is 496. The van der Waals surface area contributed by atoms with E-state index in [4.69, 9.17) is 5.11 Å². The van der Waals surface area contributed by atoms with E-state index < -0.39 is 11.4 Å². The van der Waals surface area contributed by atoms with Gasteiger partial charge in [0.1, 0.15) is 0 Å². The van der Waals surface area contributed by atoms with Crippen LogP contribution in [0.1, 0.15) is 38.2 Å². The summed E-state index contributed by atoms with van der Waals surface area (Å²) in [4.78, 5) is 22.8. The van der Waals surface area contributed by atoms with Gasteiger partial charge in [-0.15, -0.1) is 0 Å². The fourth-order valence-corrected chi connectivity index (χ4v) is 2.29. The van der Waals surface area contributed by atoms with Crippen LogP contribution in [-0.2, 0) is 9.59 Å². The number of aliphatic carboxylic acids is 1. The van der Waals surface area contributed by atoms with Gasteiger partial charge in [-0.25, -0.2) is 0 Å². The lowest BCUT2D eigenvalue weighted by Gasteiger charge is -2.19. The number of rotatable bonds is 6. The maximum Gasteiger partial charge on any atom is 0.310 e. The van der Waals surface area contributed by atoms with Gasteiger partial charge in [0.2, 0.25) is 5.91 Å². The number of nitrogens with one attached hydrogen (secondary N) is 1. The molecular weight excluding hydrogens is 254 g/mol. The lowest BCUT2D eigenvalue weighted by atomic mass is 9.94. The SMILES string of the molecule is CC(C)(CNC(=O)C[C@@H]1C[C@H]1c1ccccc1)C(=O)O. The highest BCUT2D eigenvalue weighted by molar-refractivity contribution is 5.79. The van der Waals surface area contributed by atoms with Crippen LogP contribution >= 0.6 is 0 Å². The van der Waals surface area contributed by atoms with Crippen molar-refractivity contribution < 1.29 is 14.7 Å². The van der Waals surface area contributed by atoms with Crippen molar-refractivity contribution >= 4 is 11.9 Å². The Morgan fingerprint density at radius 2 is 1.95 bits per heavy atom. The van der Waals surface area contributed by atoms with Gasteiger partial charge in [-0.3, -0.25) is 9.59 Å². The summed E-state index contributed by atoms with van der Waals surface area (Å²) in [5, 5.41) is 11.7. The van der Waals surface area contributed by atoms with E-state index in [0.717, 1.165) is 6.42 Å². The molecule has 1 saturated carbocycles. The van der Waals surface area contributed by atoms with E-state index in [2.05, 4.69) is 17.4 Å². The minimum absolute atomic E-state index is 0.0530. The molecule has 0 saturated heterocycles. The lowest BCUT2D eigenvalue weighted by molar-refractivity contribution is -0.146. The first-order chi connectivity index (χ1) is 9.40. The number of carbonyl (C=O) groups is 2. The smallest absolute Gasteiger partial charge is 0.310 e. The van der Waals surface area contributed by atoms with E-state index in [1.807, 2.05) is 18.2 Å². The molecule has 2 atom stereocenters. The first-order valence-corrected chi connectivity index (χ1v) is 6.95. The zero-order chi connectivity index (χ0) is 14.8. The summed E-state index contributed by atoms with van der Waals surface area (Å²) in [6.07, 6.45) is 1.52. The van der Waals surface area contributed by atoms with E-state index in [1.165, 1.54) is 5.56 Å². The zero-order valence-electron chi connectivity index (χ0n) is 11.9. The summed E-state index contributed by atoms with van der Waals surface area (Å²) in [6, 6.07) is 10.2. The summed E-state index contributed by atoms with van der Waals surface area (Å²) in [7, 11) is 0. The normalized spacial score (nSPS) is 21.3. The number of hydrogen-bond donors (Lipinski definition) is 2. The van der Waals surface area contributed by atoms with Crippen molar-refractivity contribution in [2.75, 3.05) is 6.54 Å². The van der Waals surface area contributed by atoms with Crippen LogP contribution in [-0.4, -0.2) is 23.5 Å². The highest BCUT2D eigenvalue weighted by atomic mass is 16.4. The van der Waals surface area contributed by atoms with Gasteiger partial charge in [-0.2, -0.15) is 0 Å². The maximum atomic E-state index is 11.8. The molecule has 108 valence electrons. The number of amides is 1. The van der Waals surface area contributed by atoms with Crippen LogP contribution in [0.15, 0.2) is 30.3 Å². The molecule has 0 bridgehead atoms. The molecular formula is C16H21NO3. The molecule has 0 heterocycles. The quantitative estimate of drug-likeness (QED) is 0.837. The third-order valence-corrected chi connectivity index (χ3v) is 3.90. The molecule has 4 heteroatoms. The Balaban J connectivity index is 1.76. The average molecular weight is 275 g/mol. The summed E-state index contributed by atoms with van der Waals surface area (Å²) in [5.41, 5.74) is 0.370. The van der Waals surface area contributed by atoms with Crippen LogP contribution < -0.4 is 5.32 Å². The summed E-state index contributed by atoms with van der Waals surface area (Å²) < 4.78 is 0. The fourth-order valence-electron chi connectivity index (χ4n) is 2.29. The van der Waals surface area contributed by atoms with Gasteiger partial charge in [0, 0.05) is 13.0 Å². The van der Waals surface area contributed by atoms with E-state index in [9.17, 15) is 9.59 Å². The van der Waals surface area contributed by atoms with E-state index >= 15 is 0 Å². The van der Waals surface area contributed by atoms with Crippen molar-refractivity contribution in [3.8, 4) is 0 Å². The van der Waals surface area contributed by atoms with Crippen molar-refractivity contribution in [1.82, 2.24) is 5.32 Å². The van der Waals surface area contributed by atoms with Crippen LogP contribution in [0.25, 0.3) is 0 Å². The van der Waals surface area contributed by atoms with Crippen molar-refractivity contribution in [2.45, 2.75) is 32.6 Å². The second kappa shape index (κ2) is 5.65. The Kier molecular flexibility index (Phi) is 4.12. The Labute approximate surface area is 119 Å². The topological polar surface area (TPSA) is 66.4 Å². The molecule has 20 heavy (non-hydrogen) atoms. The standard InChI is InChI=1S/C16H21NO3/c1-16(2,15(19)20)10-17-14(18)9-12-8-13(12)11-6-4-3-5-7-11/h3-7,12-13H,8-10H2,1-2H3,(H,17,18)(H,19,20)/t12-,13-/m0/s1. The highest BCUT2D eigenvalue weighted by Gasteiger charge is 2.39. The predicted molar refractivity (Wildman–Crippen MR) is 76.3 cm³/mol. The van der Waals surface area contributed by atoms with Gasteiger partial charge in [0.15, 0.2) is 0 Å². The summed E-state index contributed by atoms with van der Waals surface area (Å²) >= 11 is 0. The van der Waals surface area contributed by atoms with Crippen molar-refractivity contribution in [2.24, 2.45) is 11.3 Å².